The number of nitrogens with zero attached hydrogens (tertiary/aromatic N) is 3. The Bertz CT molecular complexity index is 546. The Hall–Kier alpha value is -1.42. The van der Waals surface area contributed by atoms with Crippen LogP contribution in [0.4, 0.5) is 0 Å². The maximum atomic E-state index is 9.67. The molecule has 1 aromatic heterocycles. The smallest absolute Gasteiger partial charge is 0.174 e. The van der Waals surface area contributed by atoms with Gasteiger partial charge in [0.05, 0.1) is 17.7 Å². The Labute approximate surface area is 107 Å². The van der Waals surface area contributed by atoms with E-state index in [0.29, 0.717) is 5.56 Å². The van der Waals surface area contributed by atoms with E-state index in [4.69, 9.17) is 5.26 Å². The first kappa shape index (κ1) is 12.0. The van der Waals surface area contributed by atoms with Crippen molar-refractivity contribution in [3.63, 3.8) is 0 Å². The van der Waals surface area contributed by atoms with Gasteiger partial charge in [-0.3, -0.25) is 0 Å². The molecule has 0 spiro atoms. The predicted octanol–water partition coefficient (Wildman–Crippen LogP) is 2.61. The summed E-state index contributed by atoms with van der Waals surface area (Å²) in [5.41, 5.74) is 1.37. The van der Waals surface area contributed by atoms with E-state index in [1.165, 1.54) is 29.6 Å². The fraction of sp³-hybridized carbons (Fsp3) is 0.182. The molecule has 6 heteroatoms. The molecule has 1 unspecified atom stereocenters. The molecule has 0 aliphatic carbocycles. The first-order valence-electron chi connectivity index (χ1n) is 4.87. The number of aliphatic hydroxyl groups is 1. The molecule has 4 nitrogen and oxygen atoms in total. The van der Waals surface area contributed by atoms with Gasteiger partial charge in [-0.15, -0.1) is 0 Å². The molecular formula is C11H9N3OS2. The number of benzene rings is 1. The molecule has 0 fully saturated rings. The molecule has 1 N–H and O–H groups in total. The van der Waals surface area contributed by atoms with Crippen LogP contribution in [0, 0.1) is 11.3 Å². The lowest BCUT2D eigenvalue weighted by Crippen LogP contribution is -1.94. The van der Waals surface area contributed by atoms with Crippen LogP contribution in [0.25, 0.3) is 0 Å². The number of rotatable bonds is 3. The standard InChI is InChI=1S/C11H9N3OS2/c1-7(15)9-3-2-8(5-12)4-10(9)16-11-13-6-14-17-11/h2-4,6-7,15H,1H3. The maximum Gasteiger partial charge on any atom is 0.174 e. The van der Waals surface area contributed by atoms with Gasteiger partial charge in [0, 0.05) is 4.90 Å². The molecule has 86 valence electrons. The minimum atomic E-state index is -0.571. The van der Waals surface area contributed by atoms with Crippen LogP contribution in [0.15, 0.2) is 33.8 Å². The summed E-state index contributed by atoms with van der Waals surface area (Å²) in [6, 6.07) is 7.31. The minimum Gasteiger partial charge on any atom is -0.389 e. The predicted molar refractivity (Wildman–Crippen MR) is 65.8 cm³/mol. The third-order valence-corrected chi connectivity index (χ3v) is 3.92. The minimum absolute atomic E-state index is 0.571. The highest BCUT2D eigenvalue weighted by atomic mass is 32.2. The van der Waals surface area contributed by atoms with Gasteiger partial charge < -0.3 is 5.11 Å². The van der Waals surface area contributed by atoms with E-state index in [1.54, 1.807) is 25.1 Å². The fourth-order valence-corrected chi connectivity index (χ4v) is 3.00. The van der Waals surface area contributed by atoms with Crippen molar-refractivity contribution in [2.24, 2.45) is 0 Å². The first-order valence-corrected chi connectivity index (χ1v) is 6.46. The van der Waals surface area contributed by atoms with E-state index in [2.05, 4.69) is 15.4 Å². The SMILES string of the molecule is CC(O)c1ccc(C#N)cc1Sc1ncns1. The van der Waals surface area contributed by atoms with Gasteiger partial charge in [0.15, 0.2) is 4.34 Å². The molecule has 0 radical (unpaired) electrons. The Morgan fingerprint density at radius 1 is 1.53 bits per heavy atom. The van der Waals surface area contributed by atoms with Crippen molar-refractivity contribution < 1.29 is 5.11 Å². The van der Waals surface area contributed by atoms with Crippen LogP contribution < -0.4 is 0 Å². The maximum absolute atomic E-state index is 9.67. The van der Waals surface area contributed by atoms with Crippen molar-refractivity contribution in [2.75, 3.05) is 0 Å². The number of hydrogen-bond acceptors (Lipinski definition) is 6. The number of hydrogen-bond donors (Lipinski definition) is 1. The molecule has 2 aromatic rings. The van der Waals surface area contributed by atoms with Crippen LogP contribution in [-0.2, 0) is 0 Å². The van der Waals surface area contributed by atoms with E-state index in [0.717, 1.165) is 14.8 Å². The molecule has 1 heterocycles. The van der Waals surface area contributed by atoms with Crippen molar-refractivity contribution in [1.82, 2.24) is 9.36 Å². The summed E-state index contributed by atoms with van der Waals surface area (Å²) in [5, 5.41) is 18.5. The van der Waals surface area contributed by atoms with Gasteiger partial charge in [0.2, 0.25) is 0 Å². The average Bonchev–Trinajstić information content (AvgIpc) is 2.81. The van der Waals surface area contributed by atoms with Crippen LogP contribution >= 0.6 is 23.3 Å². The Morgan fingerprint density at radius 2 is 2.35 bits per heavy atom. The molecule has 0 bridgehead atoms. The van der Waals surface area contributed by atoms with Crippen molar-refractivity contribution in [3.05, 3.63) is 35.7 Å². The van der Waals surface area contributed by atoms with Crippen LogP contribution in [0.3, 0.4) is 0 Å². The molecule has 2 rings (SSSR count). The molecule has 0 aliphatic rings. The van der Waals surface area contributed by atoms with Gasteiger partial charge in [-0.05, 0) is 36.2 Å². The highest BCUT2D eigenvalue weighted by Crippen LogP contribution is 2.34. The number of aliphatic hydroxyl groups excluding tert-OH is 1. The van der Waals surface area contributed by atoms with Crippen LogP contribution in [0.2, 0.25) is 0 Å². The highest BCUT2D eigenvalue weighted by molar-refractivity contribution is 8.01. The largest absolute Gasteiger partial charge is 0.389 e. The molecule has 0 amide bonds. The summed E-state index contributed by atoms with van der Waals surface area (Å²) in [5.74, 6) is 0. The second-order valence-electron chi connectivity index (χ2n) is 3.35. The number of nitriles is 1. The van der Waals surface area contributed by atoms with E-state index in [1.807, 2.05) is 0 Å². The second-order valence-corrected chi connectivity index (χ2v) is 5.42. The Balaban J connectivity index is 2.39. The summed E-state index contributed by atoms with van der Waals surface area (Å²) < 4.78 is 4.71. The Morgan fingerprint density at radius 3 is 2.94 bits per heavy atom. The molecule has 1 atom stereocenters. The quantitative estimate of drug-likeness (QED) is 0.921. The lowest BCUT2D eigenvalue weighted by atomic mass is 10.1. The summed E-state index contributed by atoms with van der Waals surface area (Å²) in [4.78, 5) is 4.92. The Kier molecular flexibility index (Phi) is 3.74. The summed E-state index contributed by atoms with van der Waals surface area (Å²) in [6.07, 6.45) is 0.918. The molecule has 1 aromatic carbocycles. The van der Waals surface area contributed by atoms with E-state index < -0.39 is 6.10 Å². The summed E-state index contributed by atoms with van der Waals surface area (Å²) >= 11 is 2.70. The van der Waals surface area contributed by atoms with Crippen molar-refractivity contribution >= 4 is 23.3 Å². The average molecular weight is 263 g/mol. The van der Waals surface area contributed by atoms with Crippen LogP contribution in [0.1, 0.15) is 24.2 Å². The van der Waals surface area contributed by atoms with Gasteiger partial charge in [0.25, 0.3) is 0 Å². The lowest BCUT2D eigenvalue weighted by Gasteiger charge is -2.10. The van der Waals surface area contributed by atoms with Crippen molar-refractivity contribution in [2.45, 2.75) is 22.3 Å². The monoisotopic (exact) mass is 263 g/mol. The third kappa shape index (κ3) is 2.82. The molecular weight excluding hydrogens is 254 g/mol. The second kappa shape index (κ2) is 5.27. The van der Waals surface area contributed by atoms with Crippen LogP contribution in [0.5, 0.6) is 0 Å². The summed E-state index contributed by atoms with van der Waals surface area (Å²) in [6.45, 7) is 1.70. The zero-order valence-corrected chi connectivity index (χ0v) is 10.6. The van der Waals surface area contributed by atoms with Gasteiger partial charge in [-0.25, -0.2) is 4.98 Å². The molecule has 0 saturated carbocycles. The molecule has 0 aliphatic heterocycles. The van der Waals surface area contributed by atoms with Crippen molar-refractivity contribution in [1.29, 1.82) is 5.26 Å². The highest BCUT2D eigenvalue weighted by Gasteiger charge is 2.11. The van der Waals surface area contributed by atoms with Gasteiger partial charge in [-0.1, -0.05) is 17.8 Å². The lowest BCUT2D eigenvalue weighted by molar-refractivity contribution is 0.196. The van der Waals surface area contributed by atoms with Gasteiger partial charge in [-0.2, -0.15) is 9.64 Å². The normalized spacial score (nSPS) is 12.1. The van der Waals surface area contributed by atoms with Crippen molar-refractivity contribution in [3.8, 4) is 6.07 Å². The first-order chi connectivity index (χ1) is 8.20. The van der Waals surface area contributed by atoms with Crippen LogP contribution in [-0.4, -0.2) is 14.5 Å². The molecule has 0 saturated heterocycles. The van der Waals surface area contributed by atoms with E-state index in [9.17, 15) is 5.11 Å². The third-order valence-electron chi connectivity index (χ3n) is 2.13. The zero-order chi connectivity index (χ0) is 12.3. The molecule has 17 heavy (non-hydrogen) atoms. The fourth-order valence-electron chi connectivity index (χ4n) is 1.34. The van der Waals surface area contributed by atoms with E-state index >= 15 is 0 Å². The topological polar surface area (TPSA) is 69.8 Å². The van der Waals surface area contributed by atoms with Gasteiger partial charge in [0.1, 0.15) is 6.33 Å². The van der Waals surface area contributed by atoms with Gasteiger partial charge >= 0.3 is 0 Å². The number of aromatic nitrogens is 2. The van der Waals surface area contributed by atoms with E-state index in [-0.39, 0.29) is 0 Å². The summed E-state index contributed by atoms with van der Waals surface area (Å²) in [7, 11) is 0. The zero-order valence-electron chi connectivity index (χ0n) is 8.99.